The van der Waals surface area contributed by atoms with Crippen molar-refractivity contribution in [3.8, 4) is 11.3 Å². The van der Waals surface area contributed by atoms with Crippen LogP contribution in [0.4, 0.5) is 11.6 Å². The average Bonchev–Trinajstić information content (AvgIpc) is 3.03. The quantitative estimate of drug-likeness (QED) is 0.543. The number of halogens is 1. The number of hydrogen-bond donors (Lipinski definition) is 1. The maximum absolute atomic E-state index is 6.30. The van der Waals surface area contributed by atoms with Gasteiger partial charge in [-0.1, -0.05) is 23.7 Å². The molecule has 1 aromatic carbocycles. The Morgan fingerprint density at radius 2 is 2.08 bits per heavy atom. The van der Waals surface area contributed by atoms with Gasteiger partial charge in [0.2, 0.25) is 5.95 Å². The van der Waals surface area contributed by atoms with Gasteiger partial charge in [-0.3, -0.25) is 0 Å². The van der Waals surface area contributed by atoms with Crippen LogP contribution in [0.1, 0.15) is 6.92 Å². The second-order valence-electron chi connectivity index (χ2n) is 5.51. The van der Waals surface area contributed by atoms with E-state index in [1.807, 2.05) is 36.4 Å². The predicted molar refractivity (Wildman–Crippen MR) is 100 cm³/mol. The monoisotopic (exact) mass is 348 g/mol. The molecular formula is C19H15ClN5. The maximum Gasteiger partial charge on any atom is 0.227 e. The van der Waals surface area contributed by atoms with Gasteiger partial charge in [0.05, 0.1) is 11.2 Å². The molecule has 0 aliphatic rings. The zero-order chi connectivity index (χ0) is 17.2. The molecule has 0 saturated carbocycles. The van der Waals surface area contributed by atoms with Gasteiger partial charge in [-0.15, -0.1) is 0 Å². The summed E-state index contributed by atoms with van der Waals surface area (Å²) in [6.07, 6.45) is 5.52. The summed E-state index contributed by atoms with van der Waals surface area (Å²) in [6, 6.07) is 14.4. The summed E-state index contributed by atoms with van der Waals surface area (Å²) in [5, 5.41) is 4.72. The van der Waals surface area contributed by atoms with Crippen LogP contribution in [-0.4, -0.2) is 19.5 Å². The van der Waals surface area contributed by atoms with Crippen LogP contribution in [0, 0.1) is 6.07 Å². The Morgan fingerprint density at radius 3 is 2.88 bits per heavy atom. The van der Waals surface area contributed by atoms with E-state index in [0.717, 1.165) is 34.4 Å². The number of aromatic nitrogens is 4. The largest absolute Gasteiger partial charge is 0.345 e. The van der Waals surface area contributed by atoms with Gasteiger partial charge in [0.15, 0.2) is 5.15 Å². The molecule has 6 heteroatoms. The molecule has 0 atom stereocenters. The Labute approximate surface area is 150 Å². The van der Waals surface area contributed by atoms with E-state index >= 15 is 0 Å². The fraction of sp³-hybridized carbons (Fsp3) is 0.105. The topological polar surface area (TPSA) is 55.6 Å². The highest BCUT2D eigenvalue weighted by Gasteiger charge is 2.14. The van der Waals surface area contributed by atoms with Crippen molar-refractivity contribution in [2.45, 2.75) is 13.5 Å². The standard InChI is InChI=1S/C19H15ClN5/c1-2-25-12-15(14-8-10-21-18(20)17(14)25)16-9-11-22-19(24-16)23-13-6-4-3-5-7-13/h3-4,6-12H,2H2,1H3,(H,22,23,24). The highest BCUT2D eigenvalue weighted by Crippen LogP contribution is 2.32. The van der Waals surface area contributed by atoms with Gasteiger partial charge in [0.1, 0.15) is 0 Å². The molecule has 4 rings (SSSR count). The number of hydrogen-bond acceptors (Lipinski definition) is 4. The Bertz CT molecular complexity index is 1030. The normalized spacial score (nSPS) is 11.0. The molecular weight excluding hydrogens is 334 g/mol. The fourth-order valence-corrected chi connectivity index (χ4v) is 3.10. The molecule has 3 heterocycles. The van der Waals surface area contributed by atoms with Gasteiger partial charge in [0, 0.05) is 41.8 Å². The zero-order valence-corrected chi connectivity index (χ0v) is 14.3. The molecule has 0 saturated heterocycles. The van der Waals surface area contributed by atoms with Crippen LogP contribution in [0.3, 0.4) is 0 Å². The van der Waals surface area contributed by atoms with Crippen molar-refractivity contribution in [2.75, 3.05) is 5.32 Å². The zero-order valence-electron chi connectivity index (χ0n) is 13.6. The van der Waals surface area contributed by atoms with Crippen LogP contribution in [0.25, 0.3) is 22.2 Å². The molecule has 25 heavy (non-hydrogen) atoms. The molecule has 0 fully saturated rings. The first kappa shape index (κ1) is 15.6. The van der Waals surface area contributed by atoms with Gasteiger partial charge in [-0.25, -0.2) is 15.0 Å². The molecule has 1 N–H and O–H groups in total. The fourth-order valence-electron chi connectivity index (χ4n) is 2.83. The molecule has 3 aromatic heterocycles. The van der Waals surface area contributed by atoms with Gasteiger partial charge in [-0.05, 0) is 37.3 Å². The van der Waals surface area contributed by atoms with Crippen molar-refractivity contribution in [2.24, 2.45) is 0 Å². The van der Waals surface area contributed by atoms with E-state index in [0.29, 0.717) is 11.1 Å². The molecule has 5 nitrogen and oxygen atoms in total. The lowest BCUT2D eigenvalue weighted by atomic mass is 10.1. The van der Waals surface area contributed by atoms with Crippen molar-refractivity contribution in [3.05, 3.63) is 66.2 Å². The summed E-state index contributed by atoms with van der Waals surface area (Å²) in [6.45, 7) is 2.88. The molecule has 0 amide bonds. The predicted octanol–water partition coefficient (Wildman–Crippen LogP) is 4.71. The van der Waals surface area contributed by atoms with Crippen molar-refractivity contribution in [3.63, 3.8) is 0 Å². The minimum absolute atomic E-state index is 0.498. The van der Waals surface area contributed by atoms with Gasteiger partial charge >= 0.3 is 0 Å². The Kier molecular flexibility index (Phi) is 4.07. The lowest BCUT2D eigenvalue weighted by Crippen LogP contribution is -1.97. The van der Waals surface area contributed by atoms with Gasteiger partial charge < -0.3 is 9.88 Å². The number of aryl methyl sites for hydroxylation is 1. The number of benzene rings is 1. The maximum atomic E-state index is 6.30. The van der Waals surface area contributed by atoms with E-state index in [9.17, 15) is 0 Å². The van der Waals surface area contributed by atoms with Crippen molar-refractivity contribution in [1.82, 2.24) is 19.5 Å². The molecule has 4 aromatic rings. The van der Waals surface area contributed by atoms with Crippen LogP contribution in [0.5, 0.6) is 0 Å². The summed E-state index contributed by atoms with van der Waals surface area (Å²) in [4.78, 5) is 13.1. The average molecular weight is 349 g/mol. The molecule has 1 radical (unpaired) electrons. The number of anilines is 2. The Balaban J connectivity index is 1.79. The van der Waals surface area contributed by atoms with Gasteiger partial charge in [-0.2, -0.15) is 0 Å². The number of pyridine rings is 1. The molecule has 123 valence electrons. The van der Waals surface area contributed by atoms with Crippen molar-refractivity contribution in [1.29, 1.82) is 0 Å². The highest BCUT2D eigenvalue weighted by molar-refractivity contribution is 6.34. The summed E-state index contributed by atoms with van der Waals surface area (Å²) >= 11 is 6.30. The SMILES string of the molecule is CCn1cc(-c2ccnc(Nc3c[c]ccc3)n2)c2ccnc(Cl)c21. The lowest BCUT2D eigenvalue weighted by Gasteiger charge is -2.06. The van der Waals surface area contributed by atoms with E-state index in [4.69, 9.17) is 11.6 Å². The van der Waals surface area contributed by atoms with Crippen molar-refractivity contribution >= 4 is 34.1 Å². The first-order chi connectivity index (χ1) is 12.3. The smallest absolute Gasteiger partial charge is 0.227 e. The van der Waals surface area contributed by atoms with E-state index in [1.54, 1.807) is 12.4 Å². The Morgan fingerprint density at radius 1 is 1.20 bits per heavy atom. The first-order valence-electron chi connectivity index (χ1n) is 7.96. The number of nitrogens with zero attached hydrogens (tertiary/aromatic N) is 4. The van der Waals surface area contributed by atoms with E-state index in [2.05, 4.69) is 44.0 Å². The third kappa shape index (κ3) is 2.94. The Hall–Kier alpha value is -2.92. The molecule has 0 unspecified atom stereocenters. The summed E-state index contributed by atoms with van der Waals surface area (Å²) in [5.41, 5.74) is 3.65. The van der Waals surface area contributed by atoms with Crippen LogP contribution in [0.2, 0.25) is 5.15 Å². The molecule has 0 aliphatic carbocycles. The minimum Gasteiger partial charge on any atom is -0.345 e. The van der Waals surface area contributed by atoms with Gasteiger partial charge in [0.25, 0.3) is 0 Å². The van der Waals surface area contributed by atoms with Crippen LogP contribution in [0.15, 0.2) is 55.0 Å². The van der Waals surface area contributed by atoms with Crippen LogP contribution < -0.4 is 5.32 Å². The number of rotatable bonds is 4. The van der Waals surface area contributed by atoms with E-state index in [-0.39, 0.29) is 0 Å². The van der Waals surface area contributed by atoms with Crippen LogP contribution in [-0.2, 0) is 6.54 Å². The number of fused-ring (bicyclic) bond motifs is 1. The summed E-state index contributed by atoms with van der Waals surface area (Å²) in [7, 11) is 0. The van der Waals surface area contributed by atoms with Crippen molar-refractivity contribution < 1.29 is 0 Å². The molecule has 0 aliphatic heterocycles. The van der Waals surface area contributed by atoms with Crippen LogP contribution >= 0.6 is 11.6 Å². The number of nitrogens with one attached hydrogen (secondary N) is 1. The second-order valence-corrected chi connectivity index (χ2v) is 5.87. The second kappa shape index (κ2) is 6.53. The highest BCUT2D eigenvalue weighted by atomic mass is 35.5. The third-order valence-electron chi connectivity index (χ3n) is 3.98. The third-order valence-corrected chi connectivity index (χ3v) is 4.25. The first-order valence-corrected chi connectivity index (χ1v) is 8.34. The summed E-state index contributed by atoms with van der Waals surface area (Å²) in [5.74, 6) is 0.537. The van der Waals surface area contributed by atoms with E-state index < -0.39 is 0 Å². The molecule has 0 spiro atoms. The summed E-state index contributed by atoms with van der Waals surface area (Å²) < 4.78 is 2.08. The van der Waals surface area contributed by atoms with E-state index in [1.165, 1.54) is 0 Å². The minimum atomic E-state index is 0.498. The molecule has 0 bridgehead atoms. The lowest BCUT2D eigenvalue weighted by molar-refractivity contribution is 0.796.